The molecule has 0 aromatic rings. The fraction of sp³-hybridized carbons (Fsp3) is 0.571. The van der Waals surface area contributed by atoms with Gasteiger partial charge in [0, 0.05) is 34.1 Å². The molecule has 0 saturated heterocycles. The van der Waals surface area contributed by atoms with Crippen LogP contribution in [0.4, 0.5) is 0 Å². The van der Waals surface area contributed by atoms with Crippen molar-refractivity contribution < 1.29 is 4.79 Å². The topological polar surface area (TPSA) is 29.1 Å². The highest BCUT2D eigenvalue weighted by Crippen LogP contribution is 1.96. The van der Waals surface area contributed by atoms with Crippen LogP contribution >= 0.6 is 22.6 Å². The summed E-state index contributed by atoms with van der Waals surface area (Å²) in [4.78, 5) is 10.8. The second-order valence-corrected chi connectivity index (χ2v) is 3.46. The Labute approximate surface area is 74.9 Å². The van der Waals surface area contributed by atoms with Gasteiger partial charge in [0.1, 0.15) is 0 Å². The van der Waals surface area contributed by atoms with E-state index in [4.69, 9.17) is 0 Å². The second kappa shape index (κ2) is 3.81. The van der Waals surface area contributed by atoms with E-state index in [1.165, 1.54) is 0 Å². The van der Waals surface area contributed by atoms with Crippen LogP contribution in [0.1, 0.15) is 20.8 Å². The third-order valence-corrected chi connectivity index (χ3v) is 0.919. The second-order valence-electron chi connectivity index (χ2n) is 2.92. The summed E-state index contributed by atoms with van der Waals surface area (Å²) in [5.41, 5.74) is -0.183. The van der Waals surface area contributed by atoms with Gasteiger partial charge in [-0.1, -0.05) is 0 Å². The Balaban J connectivity index is 3.89. The van der Waals surface area contributed by atoms with E-state index < -0.39 is 0 Å². The summed E-state index contributed by atoms with van der Waals surface area (Å²) in [6.45, 7) is 5.75. The first-order valence-electron chi connectivity index (χ1n) is 2.89. The Kier molecular flexibility index (Phi) is 3.72. The highest BCUT2D eigenvalue weighted by atomic mass is 127. The van der Waals surface area contributed by atoms with Crippen molar-refractivity contribution >= 4 is 28.5 Å². The molecule has 56 valence electrons. The lowest BCUT2D eigenvalue weighted by atomic mass is 10.1. The SMILES string of the molecule is CC(C)(C)NC(=O)C#CI. The minimum absolute atomic E-state index is 0.183. The molecule has 0 aliphatic rings. The zero-order valence-corrected chi connectivity index (χ0v) is 8.44. The minimum Gasteiger partial charge on any atom is -0.341 e. The predicted octanol–water partition coefficient (Wildman–Crippen LogP) is 1.30. The molecule has 0 atom stereocenters. The summed E-state index contributed by atoms with van der Waals surface area (Å²) in [6, 6.07) is 0. The standard InChI is InChI=1S/C7H10INO/c1-7(2,3)9-6(10)4-5-8/h1-3H3,(H,9,10). The summed E-state index contributed by atoms with van der Waals surface area (Å²) in [5.74, 6) is 2.17. The van der Waals surface area contributed by atoms with Crippen LogP contribution in [0, 0.1) is 9.85 Å². The normalized spacial score (nSPS) is 9.60. The van der Waals surface area contributed by atoms with E-state index in [9.17, 15) is 4.79 Å². The first kappa shape index (κ1) is 9.76. The van der Waals surface area contributed by atoms with Crippen LogP contribution in [0.5, 0.6) is 0 Å². The summed E-state index contributed by atoms with van der Waals surface area (Å²) in [5, 5.41) is 2.70. The quantitative estimate of drug-likeness (QED) is 0.510. The lowest BCUT2D eigenvalue weighted by Gasteiger charge is -2.17. The van der Waals surface area contributed by atoms with Crippen molar-refractivity contribution in [1.82, 2.24) is 5.32 Å². The van der Waals surface area contributed by atoms with Crippen molar-refractivity contribution in [3.63, 3.8) is 0 Å². The van der Waals surface area contributed by atoms with Crippen LogP contribution in [0.2, 0.25) is 0 Å². The lowest BCUT2D eigenvalue weighted by molar-refractivity contribution is -0.116. The number of halogens is 1. The van der Waals surface area contributed by atoms with Gasteiger partial charge in [-0.3, -0.25) is 4.79 Å². The molecule has 0 spiro atoms. The summed E-state index contributed by atoms with van der Waals surface area (Å²) >= 11 is 1.83. The smallest absolute Gasteiger partial charge is 0.297 e. The molecule has 0 radical (unpaired) electrons. The molecule has 0 saturated carbocycles. The molecule has 1 amide bonds. The van der Waals surface area contributed by atoms with Gasteiger partial charge < -0.3 is 5.32 Å². The minimum atomic E-state index is -0.220. The Morgan fingerprint density at radius 2 is 2.00 bits per heavy atom. The van der Waals surface area contributed by atoms with E-state index in [1.54, 1.807) is 0 Å². The summed E-state index contributed by atoms with van der Waals surface area (Å²) in [6.07, 6.45) is 0. The average Bonchev–Trinajstić information content (AvgIpc) is 1.59. The molecule has 10 heavy (non-hydrogen) atoms. The van der Waals surface area contributed by atoms with E-state index in [-0.39, 0.29) is 11.4 Å². The Bertz CT molecular complexity index is 182. The molecule has 0 aliphatic heterocycles. The maximum atomic E-state index is 10.8. The van der Waals surface area contributed by atoms with Gasteiger partial charge in [0.25, 0.3) is 5.91 Å². The lowest BCUT2D eigenvalue weighted by Crippen LogP contribution is -2.39. The number of carbonyl (C=O) groups excluding carboxylic acids is 1. The van der Waals surface area contributed by atoms with Gasteiger partial charge >= 0.3 is 0 Å². The molecule has 0 aliphatic carbocycles. The first-order valence-corrected chi connectivity index (χ1v) is 3.97. The molecule has 0 bridgehead atoms. The first-order chi connectivity index (χ1) is 4.45. The van der Waals surface area contributed by atoms with Crippen molar-refractivity contribution in [3.05, 3.63) is 0 Å². The van der Waals surface area contributed by atoms with Crippen molar-refractivity contribution in [2.45, 2.75) is 26.3 Å². The molecule has 2 nitrogen and oxygen atoms in total. The number of amides is 1. The van der Waals surface area contributed by atoms with Crippen LogP contribution in [0.15, 0.2) is 0 Å². The third-order valence-electron chi connectivity index (χ3n) is 0.649. The molecule has 0 unspecified atom stereocenters. The fourth-order valence-electron chi connectivity index (χ4n) is 0.415. The van der Waals surface area contributed by atoms with Crippen LogP contribution in [-0.4, -0.2) is 11.4 Å². The van der Waals surface area contributed by atoms with Gasteiger partial charge in [-0.15, -0.1) is 0 Å². The van der Waals surface area contributed by atoms with E-state index in [0.717, 1.165) is 0 Å². The molecule has 0 aromatic carbocycles. The fourth-order valence-corrected chi connectivity index (χ4v) is 0.660. The Morgan fingerprint density at radius 1 is 1.50 bits per heavy atom. The number of rotatable bonds is 0. The molecule has 1 N–H and O–H groups in total. The Hall–Kier alpha value is -0.240. The van der Waals surface area contributed by atoms with Crippen molar-refractivity contribution in [1.29, 1.82) is 0 Å². The van der Waals surface area contributed by atoms with Crippen LogP contribution in [0.25, 0.3) is 0 Å². The predicted molar refractivity (Wildman–Crippen MR) is 49.7 cm³/mol. The summed E-state index contributed by atoms with van der Waals surface area (Å²) in [7, 11) is 0. The molecule has 0 aromatic heterocycles. The van der Waals surface area contributed by atoms with Crippen molar-refractivity contribution in [3.8, 4) is 9.85 Å². The van der Waals surface area contributed by atoms with E-state index in [2.05, 4.69) is 15.2 Å². The average molecular weight is 251 g/mol. The molecule has 0 rings (SSSR count). The van der Waals surface area contributed by atoms with E-state index in [1.807, 2.05) is 43.4 Å². The maximum Gasteiger partial charge on any atom is 0.297 e. The molecule has 0 heterocycles. The largest absolute Gasteiger partial charge is 0.341 e. The molecular formula is C7H10INO. The van der Waals surface area contributed by atoms with Gasteiger partial charge in [-0.25, -0.2) is 0 Å². The van der Waals surface area contributed by atoms with Crippen LogP contribution in [-0.2, 0) is 4.79 Å². The van der Waals surface area contributed by atoms with Crippen LogP contribution < -0.4 is 5.32 Å². The van der Waals surface area contributed by atoms with Crippen LogP contribution in [0.3, 0.4) is 0 Å². The van der Waals surface area contributed by atoms with Gasteiger partial charge in [-0.05, 0) is 24.7 Å². The Morgan fingerprint density at radius 3 is 2.30 bits per heavy atom. The summed E-state index contributed by atoms with van der Waals surface area (Å²) < 4.78 is 2.50. The van der Waals surface area contributed by atoms with Gasteiger partial charge in [-0.2, -0.15) is 0 Å². The number of hydrogen-bond acceptors (Lipinski definition) is 1. The highest BCUT2D eigenvalue weighted by molar-refractivity contribution is 14.1. The zero-order valence-electron chi connectivity index (χ0n) is 6.29. The van der Waals surface area contributed by atoms with Gasteiger partial charge in [0.2, 0.25) is 0 Å². The maximum absolute atomic E-state index is 10.8. The van der Waals surface area contributed by atoms with E-state index >= 15 is 0 Å². The van der Waals surface area contributed by atoms with Gasteiger partial charge in [0.15, 0.2) is 0 Å². The highest BCUT2D eigenvalue weighted by Gasteiger charge is 2.10. The third kappa shape index (κ3) is 5.89. The zero-order chi connectivity index (χ0) is 8.20. The molecular weight excluding hydrogens is 241 g/mol. The molecule has 3 heteroatoms. The van der Waals surface area contributed by atoms with Gasteiger partial charge in [0.05, 0.1) is 0 Å². The van der Waals surface area contributed by atoms with Crippen molar-refractivity contribution in [2.75, 3.05) is 0 Å². The molecule has 0 fully saturated rings. The van der Waals surface area contributed by atoms with E-state index in [0.29, 0.717) is 0 Å². The monoisotopic (exact) mass is 251 g/mol. The van der Waals surface area contributed by atoms with Crippen molar-refractivity contribution in [2.24, 2.45) is 0 Å². The number of nitrogens with one attached hydrogen (secondary N) is 1. The number of hydrogen-bond donors (Lipinski definition) is 1. The number of carbonyl (C=O) groups is 1.